The van der Waals surface area contributed by atoms with Crippen LogP contribution in [-0.2, 0) is 11.3 Å². The van der Waals surface area contributed by atoms with E-state index in [4.69, 9.17) is 4.74 Å². The maximum absolute atomic E-state index is 5.11. The average Bonchev–Trinajstić information content (AvgIpc) is 2.52. The normalized spacial score (nSPS) is 10.4. The highest BCUT2D eigenvalue weighted by atomic mass is 79.9. The van der Waals surface area contributed by atoms with Gasteiger partial charge in [0.2, 0.25) is 0 Å². The second-order valence-electron chi connectivity index (χ2n) is 2.01. The molecule has 1 heterocycles. The highest BCUT2D eigenvalue weighted by Gasteiger charge is 1.97. The molecule has 1 rings (SSSR count). The zero-order chi connectivity index (χ0) is 8.81. The van der Waals surface area contributed by atoms with Crippen LogP contribution < -0.4 is 0 Å². The first kappa shape index (κ1) is 9.06. The summed E-state index contributed by atoms with van der Waals surface area (Å²) in [5, 5.41) is 0. The highest BCUT2D eigenvalue weighted by Crippen LogP contribution is 2.00. The molecule has 0 aromatic carbocycles. The molecular weight excluding hydrogens is 220 g/mol. The number of hydrogen-bond acceptors (Lipinski definition) is 2. The molecule has 0 unspecified atom stereocenters. The van der Waals surface area contributed by atoms with Crippen molar-refractivity contribution in [3.63, 3.8) is 0 Å². The van der Waals surface area contributed by atoms with Gasteiger partial charge in [0, 0.05) is 23.6 Å². The van der Waals surface area contributed by atoms with E-state index in [2.05, 4.69) is 27.5 Å². The Morgan fingerprint density at radius 2 is 2.58 bits per heavy atom. The smallest absolute Gasteiger partial charge is 0.150 e. The summed E-state index contributed by atoms with van der Waals surface area (Å²) in [6.07, 6.45) is 6.77. The summed E-state index contributed by atoms with van der Waals surface area (Å²) in [4.78, 5) is 5.72. The van der Waals surface area contributed by atoms with Crippen LogP contribution in [0.3, 0.4) is 0 Å². The van der Waals surface area contributed by atoms with Crippen LogP contribution in [0.2, 0.25) is 0 Å². The van der Waals surface area contributed by atoms with Gasteiger partial charge in [0.05, 0.1) is 6.26 Å². The zero-order valence-electron chi connectivity index (χ0n) is 6.48. The first-order valence-corrected chi connectivity index (χ1v) is 4.31. The van der Waals surface area contributed by atoms with E-state index in [1.807, 2.05) is 10.8 Å². The van der Waals surface area contributed by atoms with Crippen LogP contribution in [0.5, 0.6) is 0 Å². The summed E-state index contributed by atoms with van der Waals surface area (Å²) in [6.45, 7) is 4.08. The monoisotopic (exact) mass is 228 g/mol. The molecule has 0 spiro atoms. The SMILES string of the molecule is C=Cn1ccnc1CO/C=C/Br. The summed E-state index contributed by atoms with van der Waals surface area (Å²) in [5.41, 5.74) is 0. The van der Waals surface area contributed by atoms with Crippen LogP contribution in [0.4, 0.5) is 0 Å². The molecule has 0 amide bonds. The number of imidazole rings is 1. The quantitative estimate of drug-likeness (QED) is 0.741. The lowest BCUT2D eigenvalue weighted by Gasteiger charge is -2.00. The zero-order valence-corrected chi connectivity index (χ0v) is 8.07. The van der Waals surface area contributed by atoms with Crippen molar-refractivity contribution in [3.8, 4) is 0 Å². The van der Waals surface area contributed by atoms with Crippen molar-refractivity contribution in [2.45, 2.75) is 6.61 Å². The lowest BCUT2D eigenvalue weighted by molar-refractivity contribution is 0.228. The molecule has 64 valence electrons. The van der Waals surface area contributed by atoms with Crippen molar-refractivity contribution in [3.05, 3.63) is 36.0 Å². The Hall–Kier alpha value is -1.03. The van der Waals surface area contributed by atoms with E-state index in [0.29, 0.717) is 6.61 Å². The molecule has 0 N–H and O–H groups in total. The van der Waals surface area contributed by atoms with Gasteiger partial charge in [-0.2, -0.15) is 0 Å². The third-order valence-corrected chi connectivity index (χ3v) is 1.52. The molecule has 0 radical (unpaired) electrons. The van der Waals surface area contributed by atoms with E-state index in [9.17, 15) is 0 Å². The largest absolute Gasteiger partial charge is 0.493 e. The van der Waals surface area contributed by atoms with Crippen molar-refractivity contribution in [2.24, 2.45) is 0 Å². The van der Waals surface area contributed by atoms with E-state index in [1.165, 1.54) is 0 Å². The van der Waals surface area contributed by atoms with Crippen LogP contribution >= 0.6 is 15.9 Å². The fraction of sp³-hybridized carbons (Fsp3) is 0.125. The van der Waals surface area contributed by atoms with Crippen molar-refractivity contribution in [2.75, 3.05) is 0 Å². The summed E-state index contributed by atoms with van der Waals surface area (Å²) in [7, 11) is 0. The van der Waals surface area contributed by atoms with Gasteiger partial charge < -0.3 is 9.30 Å². The van der Waals surface area contributed by atoms with Crippen LogP contribution in [0.15, 0.2) is 30.2 Å². The molecule has 0 bridgehead atoms. The molecule has 0 saturated heterocycles. The fourth-order valence-electron chi connectivity index (χ4n) is 0.781. The Labute approximate surface area is 79.5 Å². The van der Waals surface area contributed by atoms with Crippen molar-refractivity contribution >= 4 is 22.1 Å². The molecule has 4 heteroatoms. The summed E-state index contributed by atoms with van der Waals surface area (Å²) >= 11 is 3.10. The second-order valence-corrected chi connectivity index (χ2v) is 2.54. The summed E-state index contributed by atoms with van der Waals surface area (Å²) < 4.78 is 6.92. The van der Waals surface area contributed by atoms with Gasteiger partial charge >= 0.3 is 0 Å². The molecule has 0 saturated carbocycles. The molecule has 0 aliphatic rings. The first-order chi connectivity index (χ1) is 5.88. The van der Waals surface area contributed by atoms with Crippen molar-refractivity contribution < 1.29 is 4.74 Å². The Kier molecular flexibility index (Phi) is 3.60. The molecule has 1 aromatic rings. The third-order valence-electron chi connectivity index (χ3n) is 1.31. The molecular formula is C8H9BrN2O. The number of hydrogen-bond donors (Lipinski definition) is 0. The number of ether oxygens (including phenoxy) is 1. The van der Waals surface area contributed by atoms with Gasteiger partial charge in [-0.3, -0.25) is 0 Å². The Bertz CT molecular complexity index is 280. The van der Waals surface area contributed by atoms with E-state index in [-0.39, 0.29) is 0 Å². The maximum Gasteiger partial charge on any atom is 0.150 e. The van der Waals surface area contributed by atoms with Gasteiger partial charge in [-0.05, 0) is 0 Å². The van der Waals surface area contributed by atoms with Crippen molar-refractivity contribution in [1.29, 1.82) is 0 Å². The van der Waals surface area contributed by atoms with Crippen LogP contribution in [0.1, 0.15) is 5.82 Å². The highest BCUT2D eigenvalue weighted by molar-refractivity contribution is 9.11. The number of nitrogens with zero attached hydrogens (tertiary/aromatic N) is 2. The molecule has 0 fully saturated rings. The Balaban J connectivity index is 2.56. The van der Waals surface area contributed by atoms with Gasteiger partial charge in [-0.1, -0.05) is 22.5 Å². The molecule has 1 aromatic heterocycles. The predicted octanol–water partition coefficient (Wildman–Crippen LogP) is 2.37. The Morgan fingerprint density at radius 1 is 1.75 bits per heavy atom. The standard InChI is InChI=1S/C8H9BrN2O/c1-2-11-5-4-10-8(11)7-12-6-3-9/h2-6H,1,7H2/b6-3+. The van der Waals surface area contributed by atoms with Gasteiger partial charge in [0.15, 0.2) is 5.82 Å². The molecule has 3 nitrogen and oxygen atoms in total. The Morgan fingerprint density at radius 3 is 3.25 bits per heavy atom. The predicted molar refractivity (Wildman–Crippen MR) is 51.5 cm³/mol. The summed E-state index contributed by atoms with van der Waals surface area (Å²) in [5.74, 6) is 0.829. The van der Waals surface area contributed by atoms with Gasteiger partial charge in [-0.25, -0.2) is 4.98 Å². The fourth-order valence-corrected chi connectivity index (χ4v) is 0.934. The number of aromatic nitrogens is 2. The second kappa shape index (κ2) is 4.77. The van der Waals surface area contributed by atoms with E-state index < -0.39 is 0 Å². The topological polar surface area (TPSA) is 27.1 Å². The van der Waals surface area contributed by atoms with E-state index in [1.54, 1.807) is 23.6 Å². The van der Waals surface area contributed by atoms with Crippen LogP contribution in [-0.4, -0.2) is 9.55 Å². The van der Waals surface area contributed by atoms with Gasteiger partial charge in [0.25, 0.3) is 0 Å². The molecule has 12 heavy (non-hydrogen) atoms. The van der Waals surface area contributed by atoms with E-state index >= 15 is 0 Å². The van der Waals surface area contributed by atoms with E-state index in [0.717, 1.165) is 5.82 Å². The molecule has 0 atom stereocenters. The number of rotatable bonds is 4. The van der Waals surface area contributed by atoms with Gasteiger partial charge in [-0.15, -0.1) is 0 Å². The average molecular weight is 229 g/mol. The first-order valence-electron chi connectivity index (χ1n) is 3.39. The van der Waals surface area contributed by atoms with Crippen LogP contribution in [0.25, 0.3) is 6.20 Å². The lowest BCUT2D eigenvalue weighted by atomic mass is 10.6. The number of halogens is 1. The minimum Gasteiger partial charge on any atom is -0.493 e. The van der Waals surface area contributed by atoms with Gasteiger partial charge in [0.1, 0.15) is 6.61 Å². The maximum atomic E-state index is 5.11. The minimum absolute atomic E-state index is 0.446. The summed E-state index contributed by atoms with van der Waals surface area (Å²) in [6, 6.07) is 0. The van der Waals surface area contributed by atoms with Crippen molar-refractivity contribution in [1.82, 2.24) is 9.55 Å². The molecule has 0 aliphatic carbocycles. The van der Waals surface area contributed by atoms with Crippen LogP contribution in [0, 0.1) is 0 Å². The minimum atomic E-state index is 0.446. The lowest BCUT2D eigenvalue weighted by Crippen LogP contribution is -1.96. The molecule has 0 aliphatic heterocycles. The third kappa shape index (κ3) is 2.23.